The van der Waals surface area contributed by atoms with E-state index in [1.165, 1.54) is 6.07 Å². The van der Waals surface area contributed by atoms with Crippen molar-refractivity contribution in [2.24, 2.45) is 5.92 Å². The van der Waals surface area contributed by atoms with Gasteiger partial charge in [-0.2, -0.15) is 13.2 Å². The zero-order chi connectivity index (χ0) is 18.3. The van der Waals surface area contributed by atoms with Gasteiger partial charge < -0.3 is 16.0 Å². The minimum atomic E-state index is -4.62. The molecule has 24 heavy (non-hydrogen) atoms. The van der Waals surface area contributed by atoms with Gasteiger partial charge in [0.1, 0.15) is 0 Å². The van der Waals surface area contributed by atoms with E-state index in [9.17, 15) is 22.8 Å². The van der Waals surface area contributed by atoms with Crippen LogP contribution in [0.5, 0.6) is 0 Å². The van der Waals surface area contributed by atoms with Crippen LogP contribution in [0.2, 0.25) is 5.02 Å². The number of anilines is 1. The van der Waals surface area contributed by atoms with Crippen LogP contribution in [0, 0.1) is 5.92 Å². The maximum absolute atomic E-state index is 12.7. The number of nitrogens with one attached hydrogen (secondary N) is 3. The van der Waals surface area contributed by atoms with Gasteiger partial charge in [-0.25, -0.2) is 4.79 Å². The Morgan fingerprint density at radius 3 is 2.46 bits per heavy atom. The molecule has 0 unspecified atom stereocenters. The predicted molar refractivity (Wildman–Crippen MR) is 85.9 cm³/mol. The summed E-state index contributed by atoms with van der Waals surface area (Å²) in [6.07, 6.45) is -3.82. The molecule has 0 aliphatic rings. The number of urea groups is 1. The summed E-state index contributed by atoms with van der Waals surface area (Å²) in [4.78, 5) is 23.1. The van der Waals surface area contributed by atoms with Crippen molar-refractivity contribution in [1.29, 1.82) is 0 Å². The third kappa shape index (κ3) is 7.08. The van der Waals surface area contributed by atoms with E-state index in [4.69, 9.17) is 11.6 Å². The molecule has 1 rings (SSSR count). The van der Waals surface area contributed by atoms with E-state index in [1.54, 1.807) is 0 Å². The molecule has 0 saturated carbocycles. The molecule has 5 nitrogen and oxygen atoms in total. The summed E-state index contributed by atoms with van der Waals surface area (Å²) in [5.41, 5.74) is -1.10. The highest BCUT2D eigenvalue weighted by atomic mass is 35.5. The lowest BCUT2D eigenvalue weighted by Crippen LogP contribution is -2.40. The van der Waals surface area contributed by atoms with Crippen LogP contribution < -0.4 is 16.0 Å². The van der Waals surface area contributed by atoms with Crippen molar-refractivity contribution in [1.82, 2.24) is 10.6 Å². The molecule has 0 saturated heterocycles. The summed E-state index contributed by atoms with van der Waals surface area (Å²) >= 11 is 5.49. The van der Waals surface area contributed by atoms with Gasteiger partial charge in [0.05, 0.1) is 17.1 Å². The molecule has 0 aliphatic heterocycles. The van der Waals surface area contributed by atoms with Gasteiger partial charge in [0, 0.05) is 12.2 Å². The second-order valence-electron chi connectivity index (χ2n) is 5.53. The monoisotopic (exact) mass is 365 g/mol. The molecule has 0 spiro atoms. The Bertz CT molecular complexity index is 592. The van der Waals surface area contributed by atoms with Gasteiger partial charge >= 0.3 is 12.2 Å². The topological polar surface area (TPSA) is 70.2 Å². The van der Waals surface area contributed by atoms with Crippen molar-refractivity contribution in [2.45, 2.75) is 26.4 Å². The summed E-state index contributed by atoms with van der Waals surface area (Å²) in [6.45, 7) is 4.12. The molecule has 0 aromatic heterocycles. The van der Waals surface area contributed by atoms with Gasteiger partial charge in [-0.3, -0.25) is 4.79 Å². The lowest BCUT2D eigenvalue weighted by molar-refractivity contribution is -0.137. The SMILES string of the molecule is CC(C)CCNC(=O)NCC(=O)Nc1ccc(Cl)c(C(F)(F)F)c1. The quantitative estimate of drug-likeness (QED) is 0.720. The molecule has 0 aliphatic carbocycles. The van der Waals surface area contributed by atoms with Gasteiger partial charge in [0.25, 0.3) is 0 Å². The second kappa shape index (κ2) is 8.77. The highest BCUT2D eigenvalue weighted by Gasteiger charge is 2.33. The first kappa shape index (κ1) is 20.1. The molecule has 1 aromatic carbocycles. The Hall–Kier alpha value is -1.96. The van der Waals surface area contributed by atoms with Gasteiger partial charge in [-0.15, -0.1) is 0 Å². The fourth-order valence-electron chi connectivity index (χ4n) is 1.72. The van der Waals surface area contributed by atoms with E-state index in [0.29, 0.717) is 12.5 Å². The fourth-order valence-corrected chi connectivity index (χ4v) is 1.95. The van der Waals surface area contributed by atoms with E-state index in [2.05, 4.69) is 16.0 Å². The van der Waals surface area contributed by atoms with E-state index >= 15 is 0 Å². The largest absolute Gasteiger partial charge is 0.417 e. The van der Waals surface area contributed by atoms with E-state index in [0.717, 1.165) is 18.6 Å². The average molecular weight is 366 g/mol. The van der Waals surface area contributed by atoms with Gasteiger partial charge in [-0.1, -0.05) is 25.4 Å². The average Bonchev–Trinajstić information content (AvgIpc) is 2.45. The zero-order valence-corrected chi connectivity index (χ0v) is 14.0. The van der Waals surface area contributed by atoms with E-state index in [1.807, 2.05) is 13.8 Å². The highest BCUT2D eigenvalue weighted by molar-refractivity contribution is 6.31. The summed E-state index contributed by atoms with van der Waals surface area (Å²) in [5.74, 6) is -0.217. The molecule has 3 N–H and O–H groups in total. The first-order valence-electron chi connectivity index (χ1n) is 7.28. The highest BCUT2D eigenvalue weighted by Crippen LogP contribution is 2.36. The van der Waals surface area contributed by atoms with Crippen molar-refractivity contribution in [2.75, 3.05) is 18.4 Å². The maximum atomic E-state index is 12.7. The number of alkyl halides is 3. The molecule has 0 bridgehead atoms. The van der Waals surface area contributed by atoms with Crippen molar-refractivity contribution in [3.8, 4) is 0 Å². The van der Waals surface area contributed by atoms with Crippen LogP contribution in [0.25, 0.3) is 0 Å². The Labute approximate surface area is 142 Å². The van der Waals surface area contributed by atoms with E-state index in [-0.39, 0.29) is 12.2 Å². The van der Waals surface area contributed by atoms with Crippen LogP contribution in [0.15, 0.2) is 18.2 Å². The molecule has 0 heterocycles. The number of carbonyl (C=O) groups is 2. The van der Waals surface area contributed by atoms with Crippen molar-refractivity contribution in [3.63, 3.8) is 0 Å². The normalized spacial score (nSPS) is 11.3. The third-order valence-corrected chi connectivity index (χ3v) is 3.30. The van der Waals surface area contributed by atoms with Crippen molar-refractivity contribution >= 4 is 29.2 Å². The molecule has 134 valence electrons. The van der Waals surface area contributed by atoms with Gasteiger partial charge in [-0.05, 0) is 30.5 Å². The molecular formula is C15H19ClF3N3O2. The number of halogens is 4. The molecule has 0 atom stereocenters. The van der Waals surface area contributed by atoms with Gasteiger partial charge in [0.2, 0.25) is 5.91 Å². The lowest BCUT2D eigenvalue weighted by Gasteiger charge is -2.12. The molecule has 9 heteroatoms. The minimum Gasteiger partial charge on any atom is -0.338 e. The molecule has 0 fully saturated rings. The minimum absolute atomic E-state index is 0.0567. The van der Waals surface area contributed by atoms with E-state index < -0.39 is 28.7 Å². The summed E-state index contributed by atoms with van der Waals surface area (Å²) in [6, 6.07) is 2.52. The lowest BCUT2D eigenvalue weighted by atomic mass is 10.1. The van der Waals surface area contributed by atoms with Crippen LogP contribution in [-0.4, -0.2) is 25.0 Å². The zero-order valence-electron chi connectivity index (χ0n) is 13.3. The van der Waals surface area contributed by atoms with Gasteiger partial charge in [0.15, 0.2) is 0 Å². The molecular weight excluding hydrogens is 347 g/mol. The first-order chi connectivity index (χ1) is 11.1. The fraction of sp³-hybridized carbons (Fsp3) is 0.467. The smallest absolute Gasteiger partial charge is 0.338 e. The standard InChI is InChI=1S/C15H19ClF3N3O2/c1-9(2)5-6-20-14(24)21-8-13(23)22-10-3-4-12(16)11(7-10)15(17,18)19/h3-4,7,9H,5-6,8H2,1-2H3,(H,22,23)(H2,20,21,24). The molecule has 0 radical (unpaired) electrons. The summed E-state index contributed by atoms with van der Waals surface area (Å²) in [7, 11) is 0. The van der Waals surface area contributed by atoms with Crippen LogP contribution >= 0.6 is 11.6 Å². The van der Waals surface area contributed by atoms with Crippen LogP contribution in [0.1, 0.15) is 25.8 Å². The van der Waals surface area contributed by atoms with Crippen LogP contribution in [-0.2, 0) is 11.0 Å². The van der Waals surface area contributed by atoms with Crippen LogP contribution in [0.4, 0.5) is 23.7 Å². The number of rotatable bonds is 6. The predicted octanol–water partition coefficient (Wildman–Crippen LogP) is 3.64. The summed E-state index contributed by atoms with van der Waals surface area (Å²) in [5, 5.41) is 6.71. The number of hydrogen-bond acceptors (Lipinski definition) is 2. The Kier molecular flexibility index (Phi) is 7.34. The Morgan fingerprint density at radius 1 is 1.21 bits per heavy atom. The number of hydrogen-bond donors (Lipinski definition) is 3. The number of carbonyl (C=O) groups excluding carboxylic acids is 2. The van der Waals surface area contributed by atoms with Crippen LogP contribution in [0.3, 0.4) is 0 Å². The number of amides is 3. The van der Waals surface area contributed by atoms with Crippen molar-refractivity contribution < 1.29 is 22.8 Å². The second-order valence-corrected chi connectivity index (χ2v) is 5.94. The Balaban J connectivity index is 2.50. The maximum Gasteiger partial charge on any atom is 0.417 e. The summed E-state index contributed by atoms with van der Waals surface area (Å²) < 4.78 is 38.2. The third-order valence-electron chi connectivity index (χ3n) is 2.97. The number of benzene rings is 1. The first-order valence-corrected chi connectivity index (χ1v) is 7.65. The Morgan fingerprint density at radius 2 is 1.88 bits per heavy atom. The molecule has 3 amide bonds. The van der Waals surface area contributed by atoms with Crippen molar-refractivity contribution in [3.05, 3.63) is 28.8 Å². The molecule has 1 aromatic rings.